The summed E-state index contributed by atoms with van der Waals surface area (Å²) in [5, 5.41) is 2.65. The quantitative estimate of drug-likeness (QED) is 0.618. The molecule has 1 amide bonds. The molecule has 0 aromatic heterocycles. The maximum absolute atomic E-state index is 11.4. The zero-order chi connectivity index (χ0) is 13.4. The molecule has 1 aromatic rings. The number of methoxy groups -OCH3 is 2. The van der Waals surface area contributed by atoms with E-state index in [0.29, 0.717) is 18.0 Å². The van der Waals surface area contributed by atoms with Gasteiger partial charge >= 0.3 is 0 Å². The van der Waals surface area contributed by atoms with Gasteiger partial charge in [0.15, 0.2) is 0 Å². The fraction of sp³-hybridized carbons (Fsp3) is 0.214. The minimum atomic E-state index is -0.192. The monoisotopic (exact) mass is 247 g/mol. The number of hydrogen-bond donors (Lipinski definition) is 1. The highest BCUT2D eigenvalue weighted by atomic mass is 16.5. The first kappa shape index (κ1) is 13.8. The van der Waals surface area contributed by atoms with Gasteiger partial charge in [0.2, 0.25) is 5.91 Å². The van der Waals surface area contributed by atoms with E-state index >= 15 is 0 Å². The van der Waals surface area contributed by atoms with E-state index in [0.717, 1.165) is 5.56 Å². The molecule has 0 bridgehead atoms. The van der Waals surface area contributed by atoms with E-state index in [1.54, 1.807) is 26.4 Å². The summed E-state index contributed by atoms with van der Waals surface area (Å²) in [4.78, 5) is 11.4. The van der Waals surface area contributed by atoms with Crippen LogP contribution in [0.3, 0.4) is 0 Å². The van der Waals surface area contributed by atoms with Gasteiger partial charge in [-0.2, -0.15) is 0 Å². The third-order valence-electron chi connectivity index (χ3n) is 2.29. The van der Waals surface area contributed by atoms with Gasteiger partial charge in [-0.05, 0) is 18.2 Å². The van der Waals surface area contributed by atoms with Crippen molar-refractivity contribution in [1.82, 2.24) is 5.32 Å². The molecule has 0 spiro atoms. The molecule has 1 N–H and O–H groups in total. The van der Waals surface area contributed by atoms with Crippen molar-refractivity contribution < 1.29 is 14.3 Å². The van der Waals surface area contributed by atoms with E-state index in [4.69, 9.17) is 9.47 Å². The van der Waals surface area contributed by atoms with Crippen LogP contribution in [-0.2, 0) is 4.79 Å². The molecule has 0 radical (unpaired) electrons. The number of amides is 1. The second-order valence-electron chi connectivity index (χ2n) is 3.44. The maximum atomic E-state index is 11.4. The standard InChI is InChI=1S/C14H17NO3/c1-4-10-15-14(16)9-8-11-12(17-2)6-5-7-13(11)18-3/h4-9H,1,10H2,2-3H3,(H,15,16)/b9-8+. The van der Waals surface area contributed by atoms with Crippen molar-refractivity contribution in [2.75, 3.05) is 20.8 Å². The van der Waals surface area contributed by atoms with Gasteiger partial charge in [-0.1, -0.05) is 12.1 Å². The number of ether oxygens (including phenoxy) is 2. The number of carbonyl (C=O) groups excluding carboxylic acids is 1. The van der Waals surface area contributed by atoms with Crippen molar-refractivity contribution in [1.29, 1.82) is 0 Å². The molecule has 0 fully saturated rings. The average Bonchev–Trinajstić information content (AvgIpc) is 2.42. The molecule has 96 valence electrons. The summed E-state index contributed by atoms with van der Waals surface area (Å²) >= 11 is 0. The van der Waals surface area contributed by atoms with Crippen LogP contribution >= 0.6 is 0 Å². The van der Waals surface area contributed by atoms with Crippen molar-refractivity contribution in [3.63, 3.8) is 0 Å². The minimum Gasteiger partial charge on any atom is -0.496 e. The van der Waals surface area contributed by atoms with E-state index in [2.05, 4.69) is 11.9 Å². The normalized spacial score (nSPS) is 10.1. The van der Waals surface area contributed by atoms with Crippen LogP contribution in [0.5, 0.6) is 11.5 Å². The molecule has 0 saturated heterocycles. The molecule has 0 unspecified atom stereocenters. The number of hydrogen-bond acceptors (Lipinski definition) is 3. The fourth-order valence-corrected chi connectivity index (χ4v) is 1.43. The molecule has 1 aromatic carbocycles. The second-order valence-corrected chi connectivity index (χ2v) is 3.44. The van der Waals surface area contributed by atoms with Crippen LogP contribution in [0.25, 0.3) is 6.08 Å². The summed E-state index contributed by atoms with van der Waals surface area (Å²) < 4.78 is 10.4. The Bertz CT molecular complexity index is 430. The average molecular weight is 247 g/mol. The minimum absolute atomic E-state index is 0.192. The molecular formula is C14H17NO3. The summed E-state index contributed by atoms with van der Waals surface area (Å²) in [5.74, 6) is 1.12. The summed E-state index contributed by atoms with van der Waals surface area (Å²) in [5.41, 5.74) is 0.733. The van der Waals surface area contributed by atoms with Crippen LogP contribution in [0, 0.1) is 0 Å². The summed E-state index contributed by atoms with van der Waals surface area (Å²) in [6, 6.07) is 5.44. The smallest absolute Gasteiger partial charge is 0.244 e. The highest BCUT2D eigenvalue weighted by Gasteiger charge is 2.06. The molecule has 0 aliphatic rings. The third-order valence-corrected chi connectivity index (χ3v) is 2.29. The first-order chi connectivity index (χ1) is 8.72. The first-order valence-electron chi connectivity index (χ1n) is 5.50. The van der Waals surface area contributed by atoms with Crippen molar-refractivity contribution in [2.24, 2.45) is 0 Å². The largest absolute Gasteiger partial charge is 0.496 e. The van der Waals surface area contributed by atoms with E-state index in [1.165, 1.54) is 6.08 Å². The summed E-state index contributed by atoms with van der Waals surface area (Å²) in [6.07, 6.45) is 4.72. The molecule has 4 nitrogen and oxygen atoms in total. The van der Waals surface area contributed by atoms with Gasteiger partial charge in [0.25, 0.3) is 0 Å². The molecule has 0 saturated carbocycles. The van der Waals surface area contributed by atoms with E-state index in [-0.39, 0.29) is 5.91 Å². The lowest BCUT2D eigenvalue weighted by Crippen LogP contribution is -2.20. The fourth-order valence-electron chi connectivity index (χ4n) is 1.43. The second kappa shape index (κ2) is 7.17. The Morgan fingerprint density at radius 1 is 1.33 bits per heavy atom. The molecule has 0 aliphatic heterocycles. The van der Waals surface area contributed by atoms with E-state index in [1.807, 2.05) is 18.2 Å². The Morgan fingerprint density at radius 2 is 1.94 bits per heavy atom. The van der Waals surface area contributed by atoms with Crippen LogP contribution in [0.4, 0.5) is 0 Å². The van der Waals surface area contributed by atoms with Gasteiger partial charge in [0, 0.05) is 12.6 Å². The predicted molar refractivity (Wildman–Crippen MR) is 71.8 cm³/mol. The summed E-state index contributed by atoms with van der Waals surface area (Å²) in [6.45, 7) is 3.96. The molecule has 0 heterocycles. The van der Waals surface area contributed by atoms with Crippen LogP contribution < -0.4 is 14.8 Å². The Morgan fingerprint density at radius 3 is 2.44 bits per heavy atom. The number of carbonyl (C=O) groups is 1. The number of benzene rings is 1. The summed E-state index contributed by atoms with van der Waals surface area (Å²) in [7, 11) is 3.15. The molecule has 0 atom stereocenters. The number of rotatable bonds is 6. The van der Waals surface area contributed by atoms with Gasteiger partial charge in [-0.25, -0.2) is 0 Å². The SMILES string of the molecule is C=CCNC(=O)/C=C/c1c(OC)cccc1OC. The lowest BCUT2D eigenvalue weighted by Gasteiger charge is -2.09. The van der Waals surface area contributed by atoms with Crippen LogP contribution in [0.2, 0.25) is 0 Å². The lowest BCUT2D eigenvalue weighted by atomic mass is 10.1. The Kier molecular flexibility index (Phi) is 5.51. The van der Waals surface area contributed by atoms with Gasteiger partial charge in [-0.3, -0.25) is 4.79 Å². The van der Waals surface area contributed by atoms with E-state index < -0.39 is 0 Å². The third kappa shape index (κ3) is 3.66. The Balaban J connectivity index is 2.91. The molecule has 1 rings (SSSR count). The predicted octanol–water partition coefficient (Wildman–Crippen LogP) is 2.02. The molecule has 18 heavy (non-hydrogen) atoms. The Labute approximate surface area is 107 Å². The van der Waals surface area contributed by atoms with Gasteiger partial charge < -0.3 is 14.8 Å². The molecule has 4 heteroatoms. The van der Waals surface area contributed by atoms with Crippen molar-refractivity contribution in [2.45, 2.75) is 0 Å². The van der Waals surface area contributed by atoms with Gasteiger partial charge in [-0.15, -0.1) is 6.58 Å². The number of nitrogens with one attached hydrogen (secondary N) is 1. The van der Waals surface area contributed by atoms with E-state index in [9.17, 15) is 4.79 Å². The van der Waals surface area contributed by atoms with Crippen LogP contribution in [0.1, 0.15) is 5.56 Å². The topological polar surface area (TPSA) is 47.6 Å². The first-order valence-corrected chi connectivity index (χ1v) is 5.50. The van der Waals surface area contributed by atoms with Gasteiger partial charge in [0.05, 0.1) is 19.8 Å². The van der Waals surface area contributed by atoms with Gasteiger partial charge in [0.1, 0.15) is 11.5 Å². The van der Waals surface area contributed by atoms with Crippen LogP contribution in [-0.4, -0.2) is 26.7 Å². The maximum Gasteiger partial charge on any atom is 0.244 e. The zero-order valence-corrected chi connectivity index (χ0v) is 10.6. The zero-order valence-electron chi connectivity index (χ0n) is 10.6. The molecular weight excluding hydrogens is 230 g/mol. The lowest BCUT2D eigenvalue weighted by molar-refractivity contribution is -0.116. The highest BCUT2D eigenvalue weighted by molar-refractivity contribution is 5.92. The van der Waals surface area contributed by atoms with Crippen molar-refractivity contribution in [3.05, 3.63) is 42.5 Å². The van der Waals surface area contributed by atoms with Crippen LogP contribution in [0.15, 0.2) is 36.9 Å². The molecule has 0 aliphatic carbocycles. The highest BCUT2D eigenvalue weighted by Crippen LogP contribution is 2.29. The van der Waals surface area contributed by atoms with Crippen molar-refractivity contribution in [3.8, 4) is 11.5 Å². The van der Waals surface area contributed by atoms with Crippen molar-refractivity contribution >= 4 is 12.0 Å². The Hall–Kier alpha value is -2.23.